The molecule has 0 unspecified atom stereocenters. The number of hydrogen-bond acceptors (Lipinski definition) is 8. The molecule has 0 atom stereocenters. The van der Waals surface area contributed by atoms with Crippen LogP contribution in [0.1, 0.15) is 26.5 Å². The van der Waals surface area contributed by atoms with Crippen LogP contribution < -0.4 is 26.3 Å². The second-order valence-electron chi connectivity index (χ2n) is 7.57. The molecule has 2 aliphatic heterocycles. The monoisotopic (exact) mass is 413 g/mol. The van der Waals surface area contributed by atoms with Gasteiger partial charge in [-0.1, -0.05) is 25.9 Å². The summed E-state index contributed by atoms with van der Waals surface area (Å²) < 4.78 is 19.6. The molecule has 30 heavy (non-hydrogen) atoms. The molecule has 2 amide bonds. The Bertz CT molecular complexity index is 1070. The number of carbonyl (C=O) groups excluding carboxylic acids is 1. The quantitative estimate of drug-likeness (QED) is 0.608. The van der Waals surface area contributed by atoms with E-state index >= 15 is 0 Å². The minimum atomic E-state index is -0.661. The molecule has 2 aliphatic rings. The van der Waals surface area contributed by atoms with Crippen LogP contribution >= 0.6 is 0 Å². The Morgan fingerprint density at radius 2 is 2.10 bits per heavy atom. The van der Waals surface area contributed by atoms with E-state index in [2.05, 4.69) is 31.6 Å². The maximum Gasteiger partial charge on any atom is 0.326 e. The normalized spacial score (nSPS) is 14.9. The topological polar surface area (TPSA) is 116 Å². The summed E-state index contributed by atoms with van der Waals surface area (Å²) in [6, 6.07) is 5.11. The number of benzene rings is 1. The van der Waals surface area contributed by atoms with E-state index in [1.54, 1.807) is 18.5 Å². The minimum absolute atomic E-state index is 0.0356. The van der Waals surface area contributed by atoms with Gasteiger partial charge < -0.3 is 20.1 Å². The highest BCUT2D eigenvalue weighted by molar-refractivity contribution is 5.98. The molecule has 0 spiro atoms. The maximum atomic E-state index is 14.5. The first-order valence-corrected chi connectivity index (χ1v) is 9.07. The Hall–Kier alpha value is -4.02. The lowest BCUT2D eigenvalue weighted by atomic mass is 9.92. The van der Waals surface area contributed by atoms with Gasteiger partial charge in [0.25, 0.3) is 0 Å². The van der Waals surface area contributed by atoms with Crippen molar-refractivity contribution in [3.8, 4) is 5.75 Å². The van der Waals surface area contributed by atoms with E-state index in [4.69, 9.17) is 9.36 Å². The molecule has 11 heteroatoms. The van der Waals surface area contributed by atoms with Crippen LogP contribution in [0.5, 0.6) is 5.75 Å². The molecule has 4 N–H and O–H groups in total. The minimum Gasteiger partial charge on any atom is -0.371 e. The molecule has 10 nitrogen and oxygen atoms in total. The van der Waals surface area contributed by atoms with Crippen LogP contribution in [0.3, 0.4) is 0 Å². The van der Waals surface area contributed by atoms with E-state index in [0.29, 0.717) is 17.1 Å². The number of anilines is 2. The number of halogens is 1. The van der Waals surface area contributed by atoms with Gasteiger partial charge in [0.05, 0.1) is 11.9 Å². The summed E-state index contributed by atoms with van der Waals surface area (Å²) >= 11 is 0. The smallest absolute Gasteiger partial charge is 0.326 e. The standard InChI is InChI=1S/C19H20FN7O3/c1-19(2,3)16-7-17(29-26-16)24-18(28)23-11-4-5-15(12(20)6-11)30-27-10-21-8-13-14(27)9-22-25-13/h4-10,22,25H,1-3H3,(H2,23,24,28). The number of aromatic nitrogens is 1. The third-order valence-corrected chi connectivity index (χ3v) is 4.21. The zero-order chi connectivity index (χ0) is 21.3. The number of amides is 2. The fourth-order valence-corrected chi connectivity index (χ4v) is 2.63. The molecule has 156 valence electrons. The van der Waals surface area contributed by atoms with Crippen LogP contribution in [-0.2, 0) is 5.41 Å². The SMILES string of the molecule is CC(C)(C)c1cc(NC(=O)Nc2ccc(ON3C=NC=C4NNC=C43)c(F)c2)on1. The van der Waals surface area contributed by atoms with E-state index in [-0.39, 0.29) is 22.7 Å². The lowest BCUT2D eigenvalue weighted by molar-refractivity contribution is 0.0591. The number of urea groups is 1. The first kappa shape index (κ1) is 19.3. The molecule has 4 rings (SSSR count). The lowest BCUT2D eigenvalue weighted by Gasteiger charge is -2.23. The van der Waals surface area contributed by atoms with Crippen molar-refractivity contribution in [2.45, 2.75) is 26.2 Å². The van der Waals surface area contributed by atoms with Crippen LogP contribution in [-0.4, -0.2) is 22.6 Å². The first-order chi connectivity index (χ1) is 14.3. The van der Waals surface area contributed by atoms with Crippen molar-refractivity contribution in [3.05, 3.63) is 59.6 Å². The Labute approximate surface area is 171 Å². The fraction of sp³-hybridized carbons (Fsp3) is 0.211. The molecule has 0 radical (unpaired) electrons. The fourth-order valence-electron chi connectivity index (χ4n) is 2.63. The molecular weight excluding hydrogens is 393 g/mol. The van der Waals surface area contributed by atoms with Crippen molar-refractivity contribution in [3.63, 3.8) is 0 Å². The third-order valence-electron chi connectivity index (χ3n) is 4.21. The van der Waals surface area contributed by atoms with Gasteiger partial charge in [-0.3, -0.25) is 10.7 Å². The van der Waals surface area contributed by atoms with Gasteiger partial charge >= 0.3 is 6.03 Å². The Morgan fingerprint density at radius 3 is 2.83 bits per heavy atom. The van der Waals surface area contributed by atoms with Crippen molar-refractivity contribution >= 4 is 23.9 Å². The number of carbonyl (C=O) groups is 1. The van der Waals surface area contributed by atoms with E-state index in [1.165, 1.54) is 23.5 Å². The summed E-state index contributed by atoms with van der Waals surface area (Å²) in [5, 5.41) is 10.3. The zero-order valence-electron chi connectivity index (χ0n) is 16.5. The number of fused-ring (bicyclic) bond motifs is 1. The molecule has 0 fully saturated rings. The Kier molecular flexibility index (Phi) is 4.78. The Balaban J connectivity index is 1.38. The molecule has 1 aromatic carbocycles. The third kappa shape index (κ3) is 4.04. The average Bonchev–Trinajstić information content (AvgIpc) is 3.33. The van der Waals surface area contributed by atoms with Gasteiger partial charge in [0.1, 0.15) is 17.7 Å². The van der Waals surface area contributed by atoms with Gasteiger partial charge in [0, 0.05) is 29.4 Å². The zero-order valence-corrected chi connectivity index (χ0v) is 16.5. The van der Waals surface area contributed by atoms with Crippen LogP contribution in [0.4, 0.5) is 20.8 Å². The highest BCUT2D eigenvalue weighted by Crippen LogP contribution is 2.26. The van der Waals surface area contributed by atoms with E-state index in [9.17, 15) is 9.18 Å². The number of nitrogens with zero attached hydrogens (tertiary/aromatic N) is 3. The van der Waals surface area contributed by atoms with E-state index < -0.39 is 11.8 Å². The van der Waals surface area contributed by atoms with Gasteiger partial charge in [-0.15, -0.1) is 0 Å². The van der Waals surface area contributed by atoms with Crippen LogP contribution in [0, 0.1) is 5.82 Å². The average molecular weight is 413 g/mol. The van der Waals surface area contributed by atoms with Crippen molar-refractivity contribution in [1.82, 2.24) is 21.1 Å². The van der Waals surface area contributed by atoms with Gasteiger partial charge in [-0.2, -0.15) is 5.06 Å². The number of hydrogen-bond donors (Lipinski definition) is 4. The highest BCUT2D eigenvalue weighted by atomic mass is 19.1. The summed E-state index contributed by atoms with van der Waals surface area (Å²) in [7, 11) is 0. The predicted molar refractivity (Wildman–Crippen MR) is 108 cm³/mol. The number of rotatable bonds is 4. The van der Waals surface area contributed by atoms with Gasteiger partial charge in [-0.25, -0.2) is 14.2 Å². The molecule has 3 heterocycles. The van der Waals surface area contributed by atoms with Crippen molar-refractivity contribution in [2.24, 2.45) is 4.99 Å². The molecule has 0 bridgehead atoms. The van der Waals surface area contributed by atoms with Crippen molar-refractivity contribution < 1.29 is 18.5 Å². The largest absolute Gasteiger partial charge is 0.371 e. The molecule has 0 aliphatic carbocycles. The highest BCUT2D eigenvalue weighted by Gasteiger charge is 2.23. The number of hydroxylamine groups is 2. The maximum absolute atomic E-state index is 14.5. The lowest BCUT2D eigenvalue weighted by Crippen LogP contribution is -2.30. The van der Waals surface area contributed by atoms with E-state index in [0.717, 1.165) is 6.07 Å². The summed E-state index contributed by atoms with van der Waals surface area (Å²) in [6.07, 6.45) is 4.67. The number of aliphatic imine (C=N–C) groups is 1. The van der Waals surface area contributed by atoms with Gasteiger partial charge in [-0.05, 0) is 12.1 Å². The van der Waals surface area contributed by atoms with Crippen LogP contribution in [0.15, 0.2) is 57.6 Å². The van der Waals surface area contributed by atoms with Crippen molar-refractivity contribution in [1.29, 1.82) is 0 Å². The second-order valence-corrected chi connectivity index (χ2v) is 7.57. The predicted octanol–water partition coefficient (Wildman–Crippen LogP) is 3.18. The summed E-state index contributed by atoms with van der Waals surface area (Å²) in [4.78, 5) is 21.7. The molecule has 2 aromatic rings. The molecule has 0 saturated carbocycles. The molecular formula is C19H20FN7O3. The number of nitrogens with one attached hydrogen (secondary N) is 4. The molecule has 0 saturated heterocycles. The van der Waals surface area contributed by atoms with Crippen LogP contribution in [0.25, 0.3) is 0 Å². The summed E-state index contributed by atoms with van der Waals surface area (Å²) in [5.41, 5.74) is 7.75. The molecule has 1 aromatic heterocycles. The van der Waals surface area contributed by atoms with Gasteiger partial charge in [0.2, 0.25) is 5.88 Å². The van der Waals surface area contributed by atoms with Crippen molar-refractivity contribution in [2.75, 3.05) is 10.6 Å². The first-order valence-electron chi connectivity index (χ1n) is 9.07. The second kappa shape index (κ2) is 7.43. The number of hydrazine groups is 1. The van der Waals surface area contributed by atoms with Crippen LogP contribution in [0.2, 0.25) is 0 Å². The van der Waals surface area contributed by atoms with E-state index in [1.807, 2.05) is 20.8 Å². The summed E-state index contributed by atoms with van der Waals surface area (Å²) in [5.74, 6) is -0.504. The Morgan fingerprint density at radius 1 is 1.27 bits per heavy atom. The van der Waals surface area contributed by atoms with Gasteiger partial charge in [0.15, 0.2) is 11.6 Å². The summed E-state index contributed by atoms with van der Waals surface area (Å²) in [6.45, 7) is 5.93.